The zero-order chi connectivity index (χ0) is 9.35. The lowest BCUT2D eigenvalue weighted by molar-refractivity contribution is -0.145. The number of hydrogen-bond donors (Lipinski definition) is 0. The maximum Gasteiger partial charge on any atom is 0.224 e. The van der Waals surface area contributed by atoms with Gasteiger partial charge >= 0.3 is 0 Å². The lowest BCUT2D eigenvalue weighted by atomic mass is 9.95. The average Bonchev–Trinajstić information content (AvgIpc) is 2.31. The molecule has 1 aliphatic rings. The first-order chi connectivity index (χ1) is 5.43. The fourth-order valence-corrected chi connectivity index (χ4v) is 0.834. The zero-order valence-corrected chi connectivity index (χ0v) is 7.46. The van der Waals surface area contributed by atoms with Crippen molar-refractivity contribution in [3.8, 4) is 0 Å². The van der Waals surface area contributed by atoms with Crippen molar-refractivity contribution in [1.29, 1.82) is 0 Å². The minimum Gasteiger partial charge on any atom is -0.524 e. The first-order valence-electron chi connectivity index (χ1n) is 3.74. The van der Waals surface area contributed by atoms with E-state index in [0.29, 0.717) is 0 Å². The predicted molar refractivity (Wildman–Crippen MR) is 41.6 cm³/mol. The second-order valence-electron chi connectivity index (χ2n) is 3.74. The Kier molecular flexibility index (Phi) is 2.19. The van der Waals surface area contributed by atoms with Gasteiger partial charge in [0, 0.05) is 5.41 Å². The van der Waals surface area contributed by atoms with Gasteiger partial charge in [-0.15, -0.1) is 6.73 Å². The standard InChI is InChI=1S/C8H12NO3/c1-8(2,3)7(11)9-5-12-4-6(9)10/h5H,4H2,1-3H3/q-1. The summed E-state index contributed by atoms with van der Waals surface area (Å²) in [5, 5.41) is 0. The summed E-state index contributed by atoms with van der Waals surface area (Å²) in [4.78, 5) is 23.5. The Bertz CT molecular complexity index is 217. The quantitative estimate of drug-likeness (QED) is 0.498. The number of rotatable bonds is 0. The Balaban J connectivity index is 2.71. The Labute approximate surface area is 71.5 Å². The van der Waals surface area contributed by atoms with Gasteiger partial charge in [0.25, 0.3) is 0 Å². The molecule has 0 spiro atoms. The van der Waals surface area contributed by atoms with Crippen molar-refractivity contribution in [2.75, 3.05) is 6.61 Å². The molecule has 2 amide bonds. The van der Waals surface area contributed by atoms with E-state index in [1.807, 2.05) is 0 Å². The van der Waals surface area contributed by atoms with Crippen LogP contribution in [0.2, 0.25) is 0 Å². The lowest BCUT2D eigenvalue weighted by Gasteiger charge is -2.29. The van der Waals surface area contributed by atoms with Gasteiger partial charge in [0.2, 0.25) is 11.8 Å². The van der Waals surface area contributed by atoms with E-state index in [9.17, 15) is 9.59 Å². The van der Waals surface area contributed by atoms with Crippen LogP contribution in [-0.2, 0) is 14.3 Å². The maximum atomic E-state index is 11.5. The number of hydrogen-bond acceptors (Lipinski definition) is 3. The second-order valence-corrected chi connectivity index (χ2v) is 3.74. The summed E-state index contributed by atoms with van der Waals surface area (Å²) in [6.07, 6.45) is 0. The van der Waals surface area contributed by atoms with Crippen molar-refractivity contribution in [3.63, 3.8) is 0 Å². The van der Waals surface area contributed by atoms with E-state index in [1.54, 1.807) is 20.8 Å². The van der Waals surface area contributed by atoms with Crippen molar-refractivity contribution in [2.45, 2.75) is 20.8 Å². The van der Waals surface area contributed by atoms with Crippen LogP contribution in [0.3, 0.4) is 0 Å². The van der Waals surface area contributed by atoms with Crippen LogP contribution in [-0.4, -0.2) is 23.3 Å². The number of carbonyl (C=O) groups excluding carboxylic acids is 2. The van der Waals surface area contributed by atoms with Crippen LogP contribution < -0.4 is 0 Å². The van der Waals surface area contributed by atoms with Crippen LogP contribution in [0, 0.1) is 12.1 Å². The number of nitrogens with zero attached hydrogens (tertiary/aromatic N) is 1. The van der Waals surface area contributed by atoms with Gasteiger partial charge < -0.3 is 9.64 Å². The lowest BCUT2D eigenvalue weighted by Crippen LogP contribution is -2.38. The van der Waals surface area contributed by atoms with Crippen LogP contribution in [0.4, 0.5) is 0 Å². The van der Waals surface area contributed by atoms with E-state index in [1.165, 1.54) is 6.73 Å². The number of imide groups is 1. The highest BCUT2D eigenvalue weighted by molar-refractivity contribution is 5.99. The first kappa shape index (κ1) is 9.19. The van der Waals surface area contributed by atoms with Gasteiger partial charge in [-0.25, -0.2) is 0 Å². The van der Waals surface area contributed by atoms with E-state index in [-0.39, 0.29) is 18.4 Å². The molecular formula is C8H12NO3-. The molecule has 0 bridgehead atoms. The number of carbonyl (C=O) groups is 2. The smallest absolute Gasteiger partial charge is 0.224 e. The summed E-state index contributed by atoms with van der Waals surface area (Å²) in [7, 11) is 0. The minimum absolute atomic E-state index is 0.0260. The second kappa shape index (κ2) is 2.86. The number of ether oxygens (including phenoxy) is 1. The van der Waals surface area contributed by atoms with Crippen molar-refractivity contribution in [2.24, 2.45) is 5.41 Å². The molecule has 0 N–H and O–H groups in total. The Morgan fingerprint density at radius 2 is 2.17 bits per heavy atom. The molecule has 0 saturated carbocycles. The van der Waals surface area contributed by atoms with E-state index >= 15 is 0 Å². The van der Waals surface area contributed by atoms with Gasteiger partial charge in [0.1, 0.15) is 0 Å². The molecule has 0 radical (unpaired) electrons. The molecule has 4 nitrogen and oxygen atoms in total. The SMILES string of the molecule is CC(C)(C)C(=O)N1[CH-]OCC1=O. The molecule has 1 rings (SSSR count). The van der Waals surface area contributed by atoms with Gasteiger partial charge in [0.15, 0.2) is 0 Å². The average molecular weight is 170 g/mol. The molecule has 0 aromatic heterocycles. The summed E-state index contributed by atoms with van der Waals surface area (Å²) in [6.45, 7) is 6.43. The highest BCUT2D eigenvalue weighted by Gasteiger charge is 2.28. The monoisotopic (exact) mass is 170 g/mol. The van der Waals surface area contributed by atoms with E-state index < -0.39 is 5.41 Å². The van der Waals surface area contributed by atoms with Crippen LogP contribution in [0.5, 0.6) is 0 Å². The third kappa shape index (κ3) is 1.64. The Hall–Kier alpha value is -0.900. The molecule has 0 aliphatic carbocycles. The van der Waals surface area contributed by atoms with Crippen molar-refractivity contribution in [3.05, 3.63) is 6.73 Å². The molecule has 1 heterocycles. The molecule has 1 aliphatic heterocycles. The van der Waals surface area contributed by atoms with Crippen LogP contribution in [0.25, 0.3) is 0 Å². The van der Waals surface area contributed by atoms with Crippen LogP contribution in [0.1, 0.15) is 20.8 Å². The summed E-state index contributed by atoms with van der Waals surface area (Å²) < 4.78 is 4.72. The predicted octanol–water partition coefficient (Wildman–Crippen LogP) is 0.537. The fourth-order valence-electron chi connectivity index (χ4n) is 0.834. The summed E-state index contributed by atoms with van der Waals surface area (Å²) in [5.74, 6) is -0.528. The molecule has 1 fully saturated rings. The van der Waals surface area contributed by atoms with Gasteiger partial charge in [-0.3, -0.25) is 9.59 Å². The molecular weight excluding hydrogens is 158 g/mol. The van der Waals surface area contributed by atoms with Gasteiger partial charge in [-0.05, 0) is 0 Å². The molecule has 12 heavy (non-hydrogen) atoms. The third-order valence-corrected chi connectivity index (χ3v) is 1.52. The van der Waals surface area contributed by atoms with Crippen molar-refractivity contribution in [1.82, 2.24) is 4.90 Å². The van der Waals surface area contributed by atoms with Gasteiger partial charge in [-0.2, -0.15) is 0 Å². The summed E-state index contributed by atoms with van der Waals surface area (Å²) in [6, 6.07) is 0. The maximum absolute atomic E-state index is 11.5. The largest absolute Gasteiger partial charge is 0.524 e. The van der Waals surface area contributed by atoms with E-state index in [4.69, 9.17) is 4.74 Å². The topological polar surface area (TPSA) is 46.6 Å². The first-order valence-corrected chi connectivity index (χ1v) is 3.74. The molecule has 0 aromatic carbocycles. The Morgan fingerprint density at radius 1 is 1.58 bits per heavy atom. The molecule has 0 unspecified atom stereocenters. The number of amides is 2. The van der Waals surface area contributed by atoms with Crippen molar-refractivity contribution >= 4 is 11.8 Å². The van der Waals surface area contributed by atoms with Crippen molar-refractivity contribution < 1.29 is 14.3 Å². The minimum atomic E-state index is -0.542. The highest BCUT2D eigenvalue weighted by atomic mass is 16.5. The van der Waals surface area contributed by atoms with Crippen LogP contribution in [0.15, 0.2) is 0 Å². The van der Waals surface area contributed by atoms with Crippen LogP contribution >= 0.6 is 0 Å². The fraction of sp³-hybridized carbons (Fsp3) is 0.625. The van der Waals surface area contributed by atoms with Gasteiger partial charge in [-0.1, -0.05) is 20.8 Å². The Morgan fingerprint density at radius 3 is 2.50 bits per heavy atom. The molecule has 68 valence electrons. The van der Waals surface area contributed by atoms with E-state index in [0.717, 1.165) is 4.90 Å². The highest BCUT2D eigenvalue weighted by Crippen LogP contribution is 2.20. The molecule has 4 heteroatoms. The summed E-state index contributed by atoms with van der Waals surface area (Å²) >= 11 is 0. The van der Waals surface area contributed by atoms with E-state index in [2.05, 4.69) is 0 Å². The normalized spacial score (nSPS) is 18.6. The third-order valence-electron chi connectivity index (χ3n) is 1.52. The van der Waals surface area contributed by atoms with Gasteiger partial charge in [0.05, 0.1) is 6.61 Å². The zero-order valence-electron chi connectivity index (χ0n) is 7.46. The molecule has 1 saturated heterocycles. The molecule has 0 atom stereocenters. The summed E-state index contributed by atoms with van der Waals surface area (Å²) in [5.41, 5.74) is -0.542. The molecule has 0 aromatic rings.